The number of hydrogen-bond donors (Lipinski definition) is 0. The highest BCUT2D eigenvalue weighted by molar-refractivity contribution is 5.94. The van der Waals surface area contributed by atoms with Crippen LogP contribution in [0.1, 0.15) is 26.2 Å². The van der Waals surface area contributed by atoms with E-state index in [2.05, 4.69) is 4.74 Å². The predicted molar refractivity (Wildman–Crippen MR) is 72.6 cm³/mol. The third-order valence-electron chi connectivity index (χ3n) is 3.87. The van der Waals surface area contributed by atoms with Crippen molar-refractivity contribution in [2.75, 3.05) is 33.5 Å². The zero-order chi connectivity index (χ0) is 16.2. The van der Waals surface area contributed by atoms with Crippen LogP contribution in [0.3, 0.4) is 0 Å². The Balaban J connectivity index is 2.09. The molecule has 2 aliphatic heterocycles. The lowest BCUT2D eigenvalue weighted by atomic mass is 10.0. The lowest BCUT2D eigenvalue weighted by Crippen LogP contribution is -2.49. The Morgan fingerprint density at radius 1 is 1.23 bits per heavy atom. The van der Waals surface area contributed by atoms with Crippen molar-refractivity contribution in [3.8, 4) is 0 Å². The Hall–Kier alpha value is -1.67. The predicted octanol–water partition coefficient (Wildman–Crippen LogP) is -0.153. The van der Waals surface area contributed by atoms with Gasteiger partial charge in [-0.05, 0) is 6.92 Å². The number of methoxy groups -OCH3 is 1. The summed E-state index contributed by atoms with van der Waals surface area (Å²) in [5, 5.41) is 0. The average molecular weight is 315 g/mol. The maximum Gasteiger partial charge on any atom is 0.315 e. The van der Waals surface area contributed by atoms with Crippen molar-refractivity contribution in [3.63, 3.8) is 0 Å². The van der Waals surface area contributed by atoms with Gasteiger partial charge < -0.3 is 23.8 Å². The normalized spacial score (nSPS) is 22.8. The molecule has 1 spiro atoms. The molecule has 0 bridgehead atoms. The van der Waals surface area contributed by atoms with Gasteiger partial charge in [0.2, 0.25) is 5.91 Å². The zero-order valence-electron chi connectivity index (χ0n) is 12.8. The molecule has 2 aliphatic rings. The van der Waals surface area contributed by atoms with Crippen LogP contribution in [-0.4, -0.2) is 68.0 Å². The van der Waals surface area contributed by atoms with Gasteiger partial charge in [0.1, 0.15) is 6.42 Å². The molecule has 2 fully saturated rings. The molecule has 0 aromatic heterocycles. The van der Waals surface area contributed by atoms with Crippen molar-refractivity contribution in [1.82, 2.24) is 4.90 Å². The van der Waals surface area contributed by atoms with E-state index in [-0.39, 0.29) is 19.4 Å². The molecule has 8 heteroatoms. The molecule has 22 heavy (non-hydrogen) atoms. The molecule has 1 atom stereocenters. The highest BCUT2D eigenvalue weighted by atomic mass is 16.7. The summed E-state index contributed by atoms with van der Waals surface area (Å²) in [7, 11) is 1.28. The van der Waals surface area contributed by atoms with Gasteiger partial charge in [-0.2, -0.15) is 0 Å². The first kappa shape index (κ1) is 16.7. The minimum atomic E-state index is -0.974. The van der Waals surface area contributed by atoms with E-state index in [1.165, 1.54) is 12.0 Å². The number of ether oxygens (including phenoxy) is 4. The molecule has 2 heterocycles. The van der Waals surface area contributed by atoms with Crippen molar-refractivity contribution in [2.24, 2.45) is 0 Å². The van der Waals surface area contributed by atoms with Crippen LogP contribution in [-0.2, 0) is 33.3 Å². The zero-order valence-corrected chi connectivity index (χ0v) is 12.8. The summed E-state index contributed by atoms with van der Waals surface area (Å²) in [5.74, 6) is -2.42. The van der Waals surface area contributed by atoms with Gasteiger partial charge in [-0.3, -0.25) is 14.4 Å². The first-order valence-electron chi connectivity index (χ1n) is 7.32. The van der Waals surface area contributed by atoms with Crippen LogP contribution in [0, 0.1) is 0 Å². The fourth-order valence-electron chi connectivity index (χ4n) is 2.89. The summed E-state index contributed by atoms with van der Waals surface area (Å²) in [6, 6.07) is -0.593. The maximum atomic E-state index is 12.3. The Labute approximate surface area is 128 Å². The number of carbonyl (C=O) groups is 3. The Bertz CT molecular complexity index is 444. The van der Waals surface area contributed by atoms with Gasteiger partial charge in [-0.25, -0.2) is 0 Å². The maximum absolute atomic E-state index is 12.3. The molecule has 2 saturated heterocycles. The molecule has 1 amide bonds. The fourth-order valence-corrected chi connectivity index (χ4v) is 2.89. The number of nitrogens with zero attached hydrogens (tertiary/aromatic N) is 1. The number of hydrogen-bond acceptors (Lipinski definition) is 7. The van der Waals surface area contributed by atoms with Crippen LogP contribution in [0.2, 0.25) is 0 Å². The number of amides is 1. The first-order valence-corrected chi connectivity index (χ1v) is 7.32. The van der Waals surface area contributed by atoms with E-state index in [9.17, 15) is 14.4 Å². The summed E-state index contributed by atoms with van der Waals surface area (Å²) < 4.78 is 20.8. The lowest BCUT2D eigenvalue weighted by molar-refractivity contribution is -0.183. The molecule has 124 valence electrons. The number of likely N-dealkylation sites (tertiary alicyclic amines) is 1. The monoisotopic (exact) mass is 315 g/mol. The molecule has 2 rings (SSSR count). The van der Waals surface area contributed by atoms with E-state index in [0.717, 1.165) is 0 Å². The van der Waals surface area contributed by atoms with Gasteiger partial charge in [0, 0.05) is 13.0 Å². The summed E-state index contributed by atoms with van der Waals surface area (Å²) in [5.41, 5.74) is 0. The minimum Gasteiger partial charge on any atom is -0.469 e. The second-order valence-corrected chi connectivity index (χ2v) is 5.12. The molecule has 0 N–H and O–H groups in total. The van der Waals surface area contributed by atoms with Gasteiger partial charge >= 0.3 is 11.9 Å². The van der Waals surface area contributed by atoms with Crippen LogP contribution in [0.4, 0.5) is 0 Å². The largest absolute Gasteiger partial charge is 0.469 e. The second kappa shape index (κ2) is 7.06. The standard InChI is InChI=1S/C14H21NO7/c1-3-20-13(18)9-11(16)15-5-4-14(21-6-7-22-14)10(15)8-12(17)19-2/h10H,3-9H2,1-2H3. The fraction of sp³-hybridized carbons (Fsp3) is 0.786. The van der Waals surface area contributed by atoms with E-state index in [1.807, 2.05) is 0 Å². The van der Waals surface area contributed by atoms with E-state index in [1.54, 1.807) is 6.92 Å². The number of rotatable bonds is 5. The van der Waals surface area contributed by atoms with Gasteiger partial charge in [-0.15, -0.1) is 0 Å². The topological polar surface area (TPSA) is 91.4 Å². The van der Waals surface area contributed by atoms with Gasteiger partial charge in [0.05, 0.1) is 39.4 Å². The average Bonchev–Trinajstić information content (AvgIpc) is 3.08. The van der Waals surface area contributed by atoms with Crippen molar-refractivity contribution in [2.45, 2.75) is 38.0 Å². The van der Waals surface area contributed by atoms with Gasteiger partial charge in [-0.1, -0.05) is 0 Å². The van der Waals surface area contributed by atoms with Gasteiger partial charge in [0.15, 0.2) is 5.79 Å². The molecule has 0 aromatic carbocycles. The van der Waals surface area contributed by atoms with Crippen molar-refractivity contribution in [3.05, 3.63) is 0 Å². The van der Waals surface area contributed by atoms with Crippen LogP contribution < -0.4 is 0 Å². The molecule has 1 unspecified atom stereocenters. The van der Waals surface area contributed by atoms with E-state index in [0.29, 0.717) is 26.2 Å². The van der Waals surface area contributed by atoms with Crippen molar-refractivity contribution >= 4 is 17.8 Å². The third kappa shape index (κ3) is 3.38. The lowest BCUT2D eigenvalue weighted by Gasteiger charge is -2.32. The summed E-state index contributed by atoms with van der Waals surface area (Å²) in [6.07, 6.45) is 0.0654. The minimum absolute atomic E-state index is 0.0366. The smallest absolute Gasteiger partial charge is 0.315 e. The molecule has 0 aromatic rings. The molecular formula is C14H21NO7. The molecule has 0 aliphatic carbocycles. The van der Waals surface area contributed by atoms with E-state index >= 15 is 0 Å². The van der Waals surface area contributed by atoms with E-state index in [4.69, 9.17) is 14.2 Å². The molecule has 0 radical (unpaired) electrons. The number of esters is 2. The van der Waals surface area contributed by atoms with Crippen LogP contribution >= 0.6 is 0 Å². The highest BCUT2D eigenvalue weighted by Crippen LogP contribution is 2.38. The summed E-state index contributed by atoms with van der Waals surface area (Å²) in [6.45, 7) is 3.08. The van der Waals surface area contributed by atoms with Crippen LogP contribution in [0.5, 0.6) is 0 Å². The molecule has 8 nitrogen and oxygen atoms in total. The quantitative estimate of drug-likeness (QED) is 0.514. The molecule has 0 saturated carbocycles. The highest BCUT2D eigenvalue weighted by Gasteiger charge is 2.54. The third-order valence-corrected chi connectivity index (χ3v) is 3.87. The van der Waals surface area contributed by atoms with Gasteiger partial charge in [0.25, 0.3) is 0 Å². The van der Waals surface area contributed by atoms with Crippen LogP contribution in [0.25, 0.3) is 0 Å². The SMILES string of the molecule is CCOC(=O)CC(=O)N1CCC2(OCCO2)C1CC(=O)OC. The first-order chi connectivity index (χ1) is 10.5. The number of carbonyl (C=O) groups excluding carboxylic acids is 3. The Morgan fingerprint density at radius 2 is 1.91 bits per heavy atom. The summed E-state index contributed by atoms with van der Waals surface area (Å²) in [4.78, 5) is 36.9. The Morgan fingerprint density at radius 3 is 2.50 bits per heavy atom. The second-order valence-electron chi connectivity index (χ2n) is 5.12. The van der Waals surface area contributed by atoms with Crippen LogP contribution in [0.15, 0.2) is 0 Å². The van der Waals surface area contributed by atoms with Crippen molar-refractivity contribution < 1.29 is 33.3 Å². The van der Waals surface area contributed by atoms with E-state index < -0.39 is 29.7 Å². The van der Waals surface area contributed by atoms with Crippen molar-refractivity contribution in [1.29, 1.82) is 0 Å². The Kier molecular flexibility index (Phi) is 5.36. The summed E-state index contributed by atoms with van der Waals surface area (Å²) >= 11 is 0. The molecular weight excluding hydrogens is 294 g/mol.